The lowest BCUT2D eigenvalue weighted by atomic mass is 10.1. The molecule has 0 atom stereocenters. The van der Waals surface area contributed by atoms with Crippen molar-refractivity contribution in [1.29, 1.82) is 0 Å². The second-order valence-corrected chi connectivity index (χ2v) is 7.94. The number of benzene rings is 3. The first-order valence-corrected chi connectivity index (χ1v) is 10.7. The Balaban J connectivity index is 1.49. The highest BCUT2D eigenvalue weighted by Gasteiger charge is 2.28. The van der Waals surface area contributed by atoms with Gasteiger partial charge in [0.15, 0.2) is 19.0 Å². The number of amides is 2. The second-order valence-electron chi connectivity index (χ2n) is 7.94. The van der Waals surface area contributed by atoms with E-state index in [0.717, 1.165) is 11.1 Å². The van der Waals surface area contributed by atoms with Gasteiger partial charge in [0.2, 0.25) is 5.91 Å². The number of nitrogens with one attached hydrogen (secondary N) is 1. The minimum absolute atomic E-state index is 0.176. The fourth-order valence-corrected chi connectivity index (χ4v) is 3.67. The number of halogens is 1. The number of para-hydroxylation sites is 1. The van der Waals surface area contributed by atoms with Crippen LogP contribution in [0.1, 0.15) is 21.5 Å². The third-order valence-corrected chi connectivity index (χ3v) is 5.41. The van der Waals surface area contributed by atoms with Gasteiger partial charge in [-0.3, -0.25) is 19.3 Å². The summed E-state index contributed by atoms with van der Waals surface area (Å²) in [7, 11) is 0. The molecule has 4 rings (SSSR count). The second kappa shape index (κ2) is 9.74. The lowest BCUT2D eigenvalue weighted by Gasteiger charge is -2.29. The molecule has 0 unspecified atom stereocenters. The molecule has 34 heavy (non-hydrogen) atoms. The molecule has 0 fully saturated rings. The van der Waals surface area contributed by atoms with Crippen molar-refractivity contribution in [3.05, 3.63) is 83.2 Å². The number of hydrogen-bond donors (Lipinski definition) is 1. The third kappa shape index (κ3) is 5.06. The van der Waals surface area contributed by atoms with E-state index < -0.39 is 17.6 Å². The van der Waals surface area contributed by atoms with Crippen LogP contribution < -0.4 is 19.7 Å². The molecule has 0 saturated carbocycles. The van der Waals surface area contributed by atoms with Gasteiger partial charge in [-0.25, -0.2) is 4.39 Å². The number of carbonyl (C=O) groups is 3. The van der Waals surface area contributed by atoms with Crippen LogP contribution in [0.4, 0.5) is 15.8 Å². The molecule has 1 heterocycles. The molecule has 1 N–H and O–H groups in total. The van der Waals surface area contributed by atoms with Gasteiger partial charge in [-0.15, -0.1) is 0 Å². The summed E-state index contributed by atoms with van der Waals surface area (Å²) in [5.74, 6) is -0.540. The number of ketones is 1. The van der Waals surface area contributed by atoms with E-state index in [1.165, 1.54) is 35.2 Å². The topological polar surface area (TPSA) is 84.9 Å². The Kier molecular flexibility index (Phi) is 6.58. The number of anilines is 2. The molecule has 0 spiro atoms. The first kappa shape index (κ1) is 23.0. The molecule has 3 aromatic carbocycles. The molecule has 0 bridgehead atoms. The summed E-state index contributed by atoms with van der Waals surface area (Å²) in [6, 6.07) is 15.7. The first-order chi connectivity index (χ1) is 16.3. The Bertz CT molecular complexity index is 1240. The van der Waals surface area contributed by atoms with E-state index in [1.807, 2.05) is 32.0 Å². The predicted molar refractivity (Wildman–Crippen MR) is 125 cm³/mol. The van der Waals surface area contributed by atoms with Crippen molar-refractivity contribution in [2.75, 3.05) is 30.0 Å². The Morgan fingerprint density at radius 2 is 1.76 bits per heavy atom. The van der Waals surface area contributed by atoms with Crippen molar-refractivity contribution in [3.63, 3.8) is 0 Å². The lowest BCUT2D eigenvalue weighted by Crippen LogP contribution is -2.43. The minimum atomic E-state index is -0.470. The van der Waals surface area contributed by atoms with Crippen LogP contribution in [0.3, 0.4) is 0 Å². The molecular weight excluding hydrogens is 439 g/mol. The third-order valence-electron chi connectivity index (χ3n) is 5.41. The zero-order chi connectivity index (χ0) is 24.2. The summed E-state index contributed by atoms with van der Waals surface area (Å²) >= 11 is 0. The number of nitrogens with zero attached hydrogens (tertiary/aromatic N) is 1. The lowest BCUT2D eigenvalue weighted by molar-refractivity contribution is -0.123. The Labute approximate surface area is 196 Å². The molecule has 1 aliphatic rings. The van der Waals surface area contributed by atoms with Gasteiger partial charge in [-0.1, -0.05) is 18.2 Å². The number of rotatable bonds is 7. The predicted octanol–water partition coefficient (Wildman–Crippen LogP) is 4.07. The van der Waals surface area contributed by atoms with Crippen molar-refractivity contribution >= 4 is 29.0 Å². The summed E-state index contributed by atoms with van der Waals surface area (Å²) < 4.78 is 24.3. The maximum absolute atomic E-state index is 13.1. The van der Waals surface area contributed by atoms with Gasteiger partial charge < -0.3 is 14.8 Å². The van der Waals surface area contributed by atoms with E-state index in [-0.39, 0.29) is 25.5 Å². The van der Waals surface area contributed by atoms with E-state index in [9.17, 15) is 18.8 Å². The number of carbonyl (C=O) groups excluding carboxylic acids is 3. The molecule has 0 aromatic heterocycles. The Morgan fingerprint density at radius 3 is 2.47 bits per heavy atom. The van der Waals surface area contributed by atoms with Gasteiger partial charge in [-0.05, 0) is 67.4 Å². The fraction of sp³-hybridized carbons (Fsp3) is 0.192. The molecule has 3 aromatic rings. The highest BCUT2D eigenvalue weighted by molar-refractivity contribution is 6.06. The minimum Gasteiger partial charge on any atom is -0.485 e. The van der Waals surface area contributed by atoms with Gasteiger partial charge in [0.25, 0.3) is 5.91 Å². The molecule has 0 saturated heterocycles. The van der Waals surface area contributed by atoms with Crippen LogP contribution >= 0.6 is 0 Å². The van der Waals surface area contributed by atoms with Crippen LogP contribution in [0.25, 0.3) is 0 Å². The number of aryl methyl sites for hydroxylation is 2. The van der Waals surface area contributed by atoms with E-state index in [0.29, 0.717) is 28.4 Å². The molecule has 174 valence electrons. The normalized spacial score (nSPS) is 12.6. The van der Waals surface area contributed by atoms with Gasteiger partial charge >= 0.3 is 0 Å². The zero-order valence-corrected chi connectivity index (χ0v) is 18.8. The van der Waals surface area contributed by atoms with Crippen molar-refractivity contribution in [1.82, 2.24) is 0 Å². The quantitative estimate of drug-likeness (QED) is 0.535. The summed E-state index contributed by atoms with van der Waals surface area (Å²) in [4.78, 5) is 39.1. The van der Waals surface area contributed by atoms with Crippen LogP contribution in [-0.2, 0) is 9.59 Å². The number of ether oxygens (including phenoxy) is 2. The van der Waals surface area contributed by atoms with Gasteiger partial charge in [0.1, 0.15) is 23.9 Å². The number of Topliss-reactive ketones (excluding diaryl/α,β-unsaturated/α-hetero) is 1. The summed E-state index contributed by atoms with van der Waals surface area (Å²) in [6.07, 6.45) is 0. The monoisotopic (exact) mass is 462 g/mol. The average molecular weight is 462 g/mol. The SMILES string of the molecule is Cc1cccc(C)c1OCC(=O)c1ccc2c(c1)N(CC(=O)Nc1ccc(F)cc1)C(=O)CO2. The molecular formula is C26H23FN2O5. The average Bonchev–Trinajstić information content (AvgIpc) is 2.81. The molecule has 0 radical (unpaired) electrons. The Morgan fingerprint density at radius 1 is 1.06 bits per heavy atom. The van der Waals surface area contributed by atoms with Crippen LogP contribution in [0, 0.1) is 19.7 Å². The van der Waals surface area contributed by atoms with E-state index in [4.69, 9.17) is 9.47 Å². The van der Waals surface area contributed by atoms with Crippen LogP contribution in [0.5, 0.6) is 11.5 Å². The standard InChI is InChI=1S/C26H23FN2O5/c1-16-4-3-5-17(2)26(16)34-14-22(30)18-6-11-23-21(12-18)29(25(32)15-33-23)13-24(31)28-20-9-7-19(27)8-10-20/h3-12H,13-15H2,1-2H3,(H,28,31). The molecule has 8 heteroatoms. The van der Waals surface area contributed by atoms with Crippen molar-refractivity contribution < 1.29 is 28.2 Å². The first-order valence-electron chi connectivity index (χ1n) is 10.7. The molecule has 0 aliphatic carbocycles. The number of hydrogen-bond acceptors (Lipinski definition) is 5. The van der Waals surface area contributed by atoms with Gasteiger partial charge in [0.05, 0.1) is 5.69 Å². The van der Waals surface area contributed by atoms with Gasteiger partial charge in [-0.2, -0.15) is 0 Å². The van der Waals surface area contributed by atoms with Gasteiger partial charge in [0, 0.05) is 11.3 Å². The summed E-state index contributed by atoms with van der Waals surface area (Å²) in [5, 5.41) is 2.63. The largest absolute Gasteiger partial charge is 0.485 e. The molecule has 2 amide bonds. The Hall–Kier alpha value is -4.20. The van der Waals surface area contributed by atoms with Crippen molar-refractivity contribution in [2.45, 2.75) is 13.8 Å². The van der Waals surface area contributed by atoms with Crippen molar-refractivity contribution in [2.24, 2.45) is 0 Å². The molecule has 1 aliphatic heterocycles. The summed E-state index contributed by atoms with van der Waals surface area (Å²) in [6.45, 7) is 3.13. The van der Waals surface area contributed by atoms with Crippen molar-refractivity contribution in [3.8, 4) is 11.5 Å². The molecule has 7 nitrogen and oxygen atoms in total. The highest BCUT2D eigenvalue weighted by atomic mass is 19.1. The number of fused-ring (bicyclic) bond motifs is 1. The van der Waals surface area contributed by atoms with E-state index >= 15 is 0 Å². The van der Waals surface area contributed by atoms with Crippen LogP contribution in [0.2, 0.25) is 0 Å². The van der Waals surface area contributed by atoms with Crippen LogP contribution in [-0.4, -0.2) is 37.4 Å². The van der Waals surface area contributed by atoms with E-state index in [1.54, 1.807) is 12.1 Å². The maximum Gasteiger partial charge on any atom is 0.265 e. The maximum atomic E-state index is 13.1. The van der Waals surface area contributed by atoms with Crippen LogP contribution in [0.15, 0.2) is 60.7 Å². The fourth-order valence-electron chi connectivity index (χ4n) is 3.67. The smallest absolute Gasteiger partial charge is 0.265 e. The highest BCUT2D eigenvalue weighted by Crippen LogP contribution is 2.33. The summed E-state index contributed by atoms with van der Waals surface area (Å²) in [5.41, 5.74) is 2.90. The zero-order valence-electron chi connectivity index (χ0n) is 18.8. The van der Waals surface area contributed by atoms with E-state index in [2.05, 4.69) is 5.32 Å².